The number of allylic oxidation sites excluding steroid dienone is 4. The van der Waals surface area contributed by atoms with E-state index >= 15 is 0 Å². The average Bonchev–Trinajstić information content (AvgIpc) is 2.86. The fourth-order valence-electron chi connectivity index (χ4n) is 3.12. The molecule has 0 N–H and O–H groups in total. The summed E-state index contributed by atoms with van der Waals surface area (Å²) in [5.41, 5.74) is 7.35. The second-order valence-electron chi connectivity index (χ2n) is 6.01. The zero-order chi connectivity index (χ0) is 14.7. The molecule has 0 saturated heterocycles. The van der Waals surface area contributed by atoms with Crippen molar-refractivity contribution in [1.29, 1.82) is 0 Å². The normalized spacial score (nSPS) is 16.0. The van der Waals surface area contributed by atoms with Crippen LogP contribution in [0.1, 0.15) is 37.3 Å². The minimum Gasteiger partial charge on any atom is -0.0663 e. The first-order valence-corrected chi connectivity index (χ1v) is 7.69. The third-order valence-corrected chi connectivity index (χ3v) is 4.48. The van der Waals surface area contributed by atoms with Crippen molar-refractivity contribution in [2.24, 2.45) is 0 Å². The molecule has 0 spiro atoms. The highest BCUT2D eigenvalue weighted by molar-refractivity contribution is 5.43. The standard InChI is InChI=1S/C21H22/c1-16-13-20(14-17(16)2)21(19-11-7-4-8-12-19)15-18-9-5-3-6-10-18/h3-13,21H,14-15H2,1-2H3. The molecule has 0 nitrogen and oxygen atoms in total. The lowest BCUT2D eigenvalue weighted by Crippen LogP contribution is -2.06. The van der Waals surface area contributed by atoms with Crippen LogP contribution in [-0.2, 0) is 6.42 Å². The van der Waals surface area contributed by atoms with Crippen molar-refractivity contribution in [3.63, 3.8) is 0 Å². The van der Waals surface area contributed by atoms with Gasteiger partial charge in [0.25, 0.3) is 0 Å². The van der Waals surface area contributed by atoms with Crippen LogP contribution in [0.3, 0.4) is 0 Å². The lowest BCUT2D eigenvalue weighted by molar-refractivity contribution is 0.765. The highest BCUT2D eigenvalue weighted by Crippen LogP contribution is 2.37. The first-order valence-electron chi connectivity index (χ1n) is 7.69. The number of hydrogen-bond donors (Lipinski definition) is 0. The van der Waals surface area contributed by atoms with Gasteiger partial charge in [-0.25, -0.2) is 0 Å². The monoisotopic (exact) mass is 274 g/mol. The lowest BCUT2D eigenvalue weighted by atomic mass is 9.84. The van der Waals surface area contributed by atoms with Crippen molar-refractivity contribution in [2.45, 2.75) is 32.6 Å². The van der Waals surface area contributed by atoms with Crippen LogP contribution in [0.5, 0.6) is 0 Å². The molecule has 106 valence electrons. The Bertz CT molecular complexity index is 660. The van der Waals surface area contributed by atoms with E-state index in [0.29, 0.717) is 5.92 Å². The number of rotatable bonds is 4. The topological polar surface area (TPSA) is 0 Å². The Balaban J connectivity index is 1.91. The van der Waals surface area contributed by atoms with Gasteiger partial charge in [-0.3, -0.25) is 0 Å². The molecule has 0 bridgehead atoms. The van der Waals surface area contributed by atoms with Crippen LogP contribution in [-0.4, -0.2) is 0 Å². The van der Waals surface area contributed by atoms with E-state index in [2.05, 4.69) is 80.6 Å². The molecular weight excluding hydrogens is 252 g/mol. The molecule has 1 aliphatic carbocycles. The molecule has 21 heavy (non-hydrogen) atoms. The van der Waals surface area contributed by atoms with E-state index in [1.807, 2.05) is 0 Å². The second kappa shape index (κ2) is 6.13. The van der Waals surface area contributed by atoms with Crippen molar-refractivity contribution in [3.8, 4) is 0 Å². The molecule has 1 aliphatic rings. The summed E-state index contributed by atoms with van der Waals surface area (Å²) in [6.07, 6.45) is 4.60. The lowest BCUT2D eigenvalue weighted by Gasteiger charge is -2.20. The van der Waals surface area contributed by atoms with Crippen molar-refractivity contribution in [1.82, 2.24) is 0 Å². The van der Waals surface area contributed by atoms with Gasteiger partial charge in [-0.15, -0.1) is 0 Å². The summed E-state index contributed by atoms with van der Waals surface area (Å²) in [6.45, 7) is 4.48. The molecule has 1 atom stereocenters. The van der Waals surface area contributed by atoms with Gasteiger partial charge in [0.05, 0.1) is 0 Å². The van der Waals surface area contributed by atoms with Crippen molar-refractivity contribution in [3.05, 3.63) is 94.6 Å². The maximum Gasteiger partial charge on any atom is 0.00949 e. The van der Waals surface area contributed by atoms with E-state index in [4.69, 9.17) is 0 Å². The molecule has 2 aromatic rings. The summed E-state index contributed by atoms with van der Waals surface area (Å²) in [6, 6.07) is 21.7. The number of hydrogen-bond acceptors (Lipinski definition) is 0. The Morgan fingerprint density at radius 3 is 2.05 bits per heavy atom. The molecule has 0 fully saturated rings. The maximum absolute atomic E-state index is 2.40. The summed E-state index contributed by atoms with van der Waals surface area (Å²) in [4.78, 5) is 0. The predicted octanol–water partition coefficient (Wildman–Crippen LogP) is 5.68. The predicted molar refractivity (Wildman–Crippen MR) is 90.4 cm³/mol. The summed E-state index contributed by atoms with van der Waals surface area (Å²) in [7, 11) is 0. The third-order valence-electron chi connectivity index (χ3n) is 4.48. The first kappa shape index (κ1) is 13.9. The maximum atomic E-state index is 2.40. The molecule has 0 radical (unpaired) electrons. The minimum absolute atomic E-state index is 0.487. The Morgan fingerprint density at radius 2 is 1.48 bits per heavy atom. The second-order valence-corrected chi connectivity index (χ2v) is 6.01. The molecule has 0 aliphatic heterocycles. The van der Waals surface area contributed by atoms with Gasteiger partial charge in [0, 0.05) is 5.92 Å². The van der Waals surface area contributed by atoms with Gasteiger partial charge >= 0.3 is 0 Å². The quantitative estimate of drug-likeness (QED) is 0.673. The highest BCUT2D eigenvalue weighted by Gasteiger charge is 2.21. The molecule has 0 amide bonds. The molecule has 1 unspecified atom stereocenters. The molecule has 0 heterocycles. The first-order chi connectivity index (χ1) is 10.2. The molecular formula is C21H22. The Labute approximate surface area is 127 Å². The van der Waals surface area contributed by atoms with Gasteiger partial charge in [0.2, 0.25) is 0 Å². The average molecular weight is 274 g/mol. The number of benzene rings is 2. The zero-order valence-electron chi connectivity index (χ0n) is 12.8. The molecule has 0 saturated carbocycles. The Morgan fingerprint density at radius 1 is 0.857 bits per heavy atom. The molecule has 3 rings (SSSR count). The van der Waals surface area contributed by atoms with Crippen LogP contribution in [0.4, 0.5) is 0 Å². The largest absolute Gasteiger partial charge is 0.0663 e. The van der Waals surface area contributed by atoms with Gasteiger partial charge in [-0.05, 0) is 37.8 Å². The van der Waals surface area contributed by atoms with Gasteiger partial charge in [-0.2, -0.15) is 0 Å². The van der Waals surface area contributed by atoms with Crippen LogP contribution in [0.25, 0.3) is 0 Å². The van der Waals surface area contributed by atoms with Gasteiger partial charge in [0.15, 0.2) is 0 Å². The third kappa shape index (κ3) is 3.16. The van der Waals surface area contributed by atoms with Crippen molar-refractivity contribution in [2.75, 3.05) is 0 Å². The van der Waals surface area contributed by atoms with E-state index in [9.17, 15) is 0 Å². The van der Waals surface area contributed by atoms with Crippen LogP contribution in [0.2, 0.25) is 0 Å². The van der Waals surface area contributed by atoms with E-state index in [-0.39, 0.29) is 0 Å². The molecule has 0 aromatic heterocycles. The summed E-state index contributed by atoms with van der Waals surface area (Å²) in [5.74, 6) is 0.487. The van der Waals surface area contributed by atoms with Gasteiger partial charge < -0.3 is 0 Å². The van der Waals surface area contributed by atoms with Gasteiger partial charge in [0.1, 0.15) is 0 Å². The zero-order valence-corrected chi connectivity index (χ0v) is 12.8. The fourth-order valence-corrected chi connectivity index (χ4v) is 3.12. The van der Waals surface area contributed by atoms with E-state index < -0.39 is 0 Å². The van der Waals surface area contributed by atoms with Crippen LogP contribution in [0, 0.1) is 0 Å². The molecule has 2 aromatic carbocycles. The Hall–Kier alpha value is -2.08. The van der Waals surface area contributed by atoms with Crippen molar-refractivity contribution >= 4 is 0 Å². The SMILES string of the molecule is CC1=C(C)CC(C(Cc2ccccc2)c2ccccc2)=C1. The van der Waals surface area contributed by atoms with E-state index in [1.165, 1.54) is 22.3 Å². The smallest absolute Gasteiger partial charge is 0.00949 e. The Kier molecular flexibility index (Phi) is 4.06. The van der Waals surface area contributed by atoms with Crippen LogP contribution >= 0.6 is 0 Å². The van der Waals surface area contributed by atoms with Crippen LogP contribution in [0.15, 0.2) is 83.5 Å². The highest BCUT2D eigenvalue weighted by atomic mass is 14.3. The summed E-state index contributed by atoms with van der Waals surface area (Å²) < 4.78 is 0. The minimum atomic E-state index is 0.487. The van der Waals surface area contributed by atoms with E-state index in [1.54, 1.807) is 5.57 Å². The fraction of sp³-hybridized carbons (Fsp3) is 0.238. The summed E-state index contributed by atoms with van der Waals surface area (Å²) in [5, 5.41) is 0. The molecule has 0 heteroatoms. The summed E-state index contributed by atoms with van der Waals surface area (Å²) >= 11 is 0. The van der Waals surface area contributed by atoms with Crippen LogP contribution < -0.4 is 0 Å². The van der Waals surface area contributed by atoms with Crippen molar-refractivity contribution < 1.29 is 0 Å². The van der Waals surface area contributed by atoms with Gasteiger partial charge in [-0.1, -0.05) is 83.5 Å². The van der Waals surface area contributed by atoms with E-state index in [0.717, 1.165) is 12.8 Å².